The number of fused-ring (bicyclic) bond motifs is 1. The fraction of sp³-hybridized carbons (Fsp3) is 0.786. The zero-order chi connectivity index (χ0) is 13.0. The van der Waals surface area contributed by atoms with E-state index in [4.69, 9.17) is 15.7 Å². The Morgan fingerprint density at radius 3 is 2.78 bits per heavy atom. The molecule has 100 valence electrons. The molecule has 1 aliphatic heterocycles. The van der Waals surface area contributed by atoms with E-state index in [9.17, 15) is 0 Å². The minimum Gasteiger partial charge on any atom is -0.310 e. The summed E-state index contributed by atoms with van der Waals surface area (Å²) in [6, 6.07) is 0.335. The van der Waals surface area contributed by atoms with Crippen LogP contribution in [0, 0.1) is 5.92 Å². The Hall–Kier alpha value is -1.03. The third-order valence-electron chi connectivity index (χ3n) is 3.68. The average Bonchev–Trinajstić information content (AvgIpc) is 2.37. The lowest BCUT2D eigenvalue weighted by Gasteiger charge is -2.26. The lowest BCUT2D eigenvalue weighted by molar-refractivity contribution is 0.476. The second-order valence-corrected chi connectivity index (χ2v) is 5.42. The average molecular weight is 248 g/mol. The van der Waals surface area contributed by atoms with E-state index in [-0.39, 0.29) is 6.17 Å². The van der Waals surface area contributed by atoms with Gasteiger partial charge in [-0.05, 0) is 44.9 Å². The van der Waals surface area contributed by atoms with E-state index in [1.807, 2.05) is 13.1 Å². The number of aliphatic imine (C=N–C) groups is 3. The summed E-state index contributed by atoms with van der Waals surface area (Å²) < 4.78 is 0. The normalized spacial score (nSPS) is 27.4. The molecule has 18 heavy (non-hydrogen) atoms. The number of rotatable bonds is 4. The molecule has 0 aromatic heterocycles. The minimum atomic E-state index is -0.0992. The summed E-state index contributed by atoms with van der Waals surface area (Å²) in [5, 5.41) is 0. The van der Waals surface area contributed by atoms with Crippen LogP contribution in [0.2, 0.25) is 0 Å². The number of nitrogens with zero attached hydrogens (tertiary/aromatic N) is 3. The van der Waals surface area contributed by atoms with Gasteiger partial charge in [-0.3, -0.25) is 15.0 Å². The molecule has 0 radical (unpaired) electrons. The van der Waals surface area contributed by atoms with Crippen molar-refractivity contribution in [2.75, 3.05) is 6.54 Å². The van der Waals surface area contributed by atoms with Crippen molar-refractivity contribution in [3.63, 3.8) is 0 Å². The monoisotopic (exact) mass is 248 g/mol. The van der Waals surface area contributed by atoms with Crippen molar-refractivity contribution in [1.82, 2.24) is 0 Å². The predicted molar refractivity (Wildman–Crippen MR) is 77.9 cm³/mol. The first-order chi connectivity index (χ1) is 8.66. The van der Waals surface area contributed by atoms with E-state index in [0.717, 1.165) is 25.8 Å². The fourth-order valence-corrected chi connectivity index (χ4v) is 2.49. The van der Waals surface area contributed by atoms with Gasteiger partial charge in [0.15, 0.2) is 0 Å². The molecule has 4 nitrogen and oxygen atoms in total. The van der Waals surface area contributed by atoms with Crippen molar-refractivity contribution in [2.45, 2.75) is 58.2 Å². The van der Waals surface area contributed by atoms with E-state index in [0.29, 0.717) is 12.0 Å². The quantitative estimate of drug-likeness (QED) is 0.762. The van der Waals surface area contributed by atoms with Crippen molar-refractivity contribution in [2.24, 2.45) is 26.6 Å². The molecule has 0 amide bonds. The maximum atomic E-state index is 5.60. The molecule has 0 aromatic carbocycles. The third kappa shape index (κ3) is 3.48. The molecule has 0 spiro atoms. The van der Waals surface area contributed by atoms with Crippen LogP contribution in [0.25, 0.3) is 0 Å². The second kappa shape index (κ2) is 6.23. The Morgan fingerprint density at radius 2 is 2.06 bits per heavy atom. The van der Waals surface area contributed by atoms with Gasteiger partial charge in [0.1, 0.15) is 0 Å². The summed E-state index contributed by atoms with van der Waals surface area (Å²) in [5.41, 5.74) is 8.14. The van der Waals surface area contributed by atoms with Gasteiger partial charge in [-0.1, -0.05) is 6.92 Å². The molecule has 1 fully saturated rings. The highest BCUT2D eigenvalue weighted by Crippen LogP contribution is 2.21. The molecule has 2 aliphatic rings. The Balaban J connectivity index is 1.91. The summed E-state index contributed by atoms with van der Waals surface area (Å²) in [6.45, 7) is 4.97. The number of nitrogens with two attached hydrogens (primary N) is 1. The van der Waals surface area contributed by atoms with Crippen molar-refractivity contribution >= 4 is 17.6 Å². The first-order valence-electron chi connectivity index (χ1n) is 7.04. The van der Waals surface area contributed by atoms with E-state index in [1.165, 1.54) is 24.3 Å². The van der Waals surface area contributed by atoms with Gasteiger partial charge in [0.25, 0.3) is 0 Å². The van der Waals surface area contributed by atoms with Crippen LogP contribution in [0.4, 0.5) is 0 Å². The molecule has 0 saturated heterocycles. The van der Waals surface area contributed by atoms with Crippen LogP contribution in [0.1, 0.15) is 46.0 Å². The molecule has 3 atom stereocenters. The molecule has 3 unspecified atom stereocenters. The summed E-state index contributed by atoms with van der Waals surface area (Å²) in [7, 11) is 0. The highest BCUT2D eigenvalue weighted by Gasteiger charge is 2.24. The lowest BCUT2D eigenvalue weighted by atomic mass is 9.92. The standard InChI is InChI=1S/C14H24N4/c1-10(7-8-16-11(2)15)14-9-17-12-5-3-4-6-13(12)18-14/h8,10-11,14H,3-7,9,15H2,1-2H3. The molecule has 1 saturated carbocycles. The van der Waals surface area contributed by atoms with Crippen LogP contribution in [0.5, 0.6) is 0 Å². The predicted octanol–water partition coefficient (Wildman–Crippen LogP) is 2.23. The first-order valence-corrected chi connectivity index (χ1v) is 7.04. The maximum absolute atomic E-state index is 5.60. The summed E-state index contributed by atoms with van der Waals surface area (Å²) in [5.74, 6) is 0.493. The van der Waals surface area contributed by atoms with E-state index >= 15 is 0 Å². The molecule has 2 N–H and O–H groups in total. The molecule has 2 rings (SSSR count). The fourth-order valence-electron chi connectivity index (χ4n) is 2.49. The van der Waals surface area contributed by atoms with Gasteiger partial charge >= 0.3 is 0 Å². The summed E-state index contributed by atoms with van der Waals surface area (Å²) >= 11 is 0. The topological polar surface area (TPSA) is 63.1 Å². The Bertz CT molecular complexity index is 368. The molecule has 0 aromatic rings. The summed E-state index contributed by atoms with van der Waals surface area (Å²) in [4.78, 5) is 13.8. The summed E-state index contributed by atoms with van der Waals surface area (Å²) in [6.07, 6.45) is 7.58. The smallest absolute Gasteiger partial charge is 0.0936 e. The van der Waals surface area contributed by atoms with Crippen LogP contribution in [-0.4, -0.2) is 36.4 Å². The molecule has 0 bridgehead atoms. The second-order valence-electron chi connectivity index (χ2n) is 5.42. The van der Waals surface area contributed by atoms with Crippen molar-refractivity contribution in [3.8, 4) is 0 Å². The Labute approximate surface area is 109 Å². The zero-order valence-electron chi connectivity index (χ0n) is 11.5. The van der Waals surface area contributed by atoms with Crippen molar-refractivity contribution in [1.29, 1.82) is 0 Å². The molecular weight excluding hydrogens is 224 g/mol. The minimum absolute atomic E-state index is 0.0992. The third-order valence-corrected chi connectivity index (χ3v) is 3.68. The van der Waals surface area contributed by atoms with Crippen LogP contribution in [-0.2, 0) is 0 Å². The first kappa shape index (κ1) is 13.4. The molecular formula is C14H24N4. The van der Waals surface area contributed by atoms with Gasteiger partial charge in [0.2, 0.25) is 0 Å². The molecule has 4 heteroatoms. The van der Waals surface area contributed by atoms with E-state index in [2.05, 4.69) is 11.9 Å². The Kier molecular flexibility index (Phi) is 4.64. The van der Waals surface area contributed by atoms with E-state index in [1.54, 1.807) is 0 Å². The van der Waals surface area contributed by atoms with Crippen LogP contribution in [0.15, 0.2) is 15.0 Å². The van der Waals surface area contributed by atoms with Gasteiger partial charge < -0.3 is 5.73 Å². The maximum Gasteiger partial charge on any atom is 0.0936 e. The highest BCUT2D eigenvalue weighted by atomic mass is 14.9. The van der Waals surface area contributed by atoms with Crippen LogP contribution >= 0.6 is 0 Å². The van der Waals surface area contributed by atoms with Crippen molar-refractivity contribution < 1.29 is 0 Å². The van der Waals surface area contributed by atoms with Gasteiger partial charge in [-0.25, -0.2) is 0 Å². The zero-order valence-corrected chi connectivity index (χ0v) is 11.5. The van der Waals surface area contributed by atoms with Crippen LogP contribution in [0.3, 0.4) is 0 Å². The molecule has 1 aliphatic carbocycles. The van der Waals surface area contributed by atoms with Gasteiger partial charge in [0, 0.05) is 6.21 Å². The number of hydrogen-bond acceptors (Lipinski definition) is 4. The lowest BCUT2D eigenvalue weighted by Crippen LogP contribution is -2.32. The van der Waals surface area contributed by atoms with Crippen molar-refractivity contribution in [3.05, 3.63) is 0 Å². The van der Waals surface area contributed by atoms with Gasteiger partial charge in [0.05, 0.1) is 30.2 Å². The SMILES string of the molecule is CC(N)N=CCC(C)C1CN=C2CCCCC2=N1. The van der Waals surface area contributed by atoms with Gasteiger partial charge in [-0.15, -0.1) is 0 Å². The van der Waals surface area contributed by atoms with Crippen LogP contribution < -0.4 is 5.73 Å². The van der Waals surface area contributed by atoms with E-state index < -0.39 is 0 Å². The Morgan fingerprint density at radius 1 is 1.33 bits per heavy atom. The van der Waals surface area contributed by atoms with Gasteiger partial charge in [-0.2, -0.15) is 0 Å². The largest absolute Gasteiger partial charge is 0.310 e. The number of hydrogen-bond donors (Lipinski definition) is 1. The highest BCUT2D eigenvalue weighted by molar-refractivity contribution is 6.43. The molecule has 1 heterocycles.